The number of nitrogens with zero attached hydrogens (tertiary/aromatic N) is 2. The third-order valence-electron chi connectivity index (χ3n) is 2.37. The number of hydrogen-bond acceptors (Lipinski definition) is 2. The van der Waals surface area contributed by atoms with E-state index in [0.717, 1.165) is 13.1 Å². The van der Waals surface area contributed by atoms with Crippen LogP contribution in [0.4, 0.5) is 0 Å². The minimum atomic E-state index is 0.168. The largest absolute Gasteiger partial charge is 0.280 e. The maximum atomic E-state index is 8.61. The molecule has 2 atom stereocenters. The van der Waals surface area contributed by atoms with Gasteiger partial charge in [-0.3, -0.25) is 4.90 Å². The Balaban J connectivity index is 1.97. The quantitative estimate of drug-likeness (QED) is 0.635. The van der Waals surface area contributed by atoms with Gasteiger partial charge in [-0.05, 0) is 12.5 Å². The lowest BCUT2D eigenvalue weighted by Gasteiger charge is -2.01. The minimum absolute atomic E-state index is 0.168. The maximum absolute atomic E-state index is 8.61. The van der Waals surface area contributed by atoms with Crippen LogP contribution in [-0.2, 0) is 6.54 Å². The second-order valence-corrected chi connectivity index (χ2v) is 3.56. The molecule has 13 heavy (non-hydrogen) atoms. The predicted molar refractivity (Wildman–Crippen MR) is 51.0 cm³/mol. The number of rotatable bonds is 2. The molecule has 0 N–H and O–H groups in total. The molecule has 1 aliphatic heterocycles. The standard InChI is InChI=1S/C11H12N2/c1-9-2-4-10(5-3-9)7-13-8-11(13)6-12/h2-5,11H,7-8H2,1H3. The molecule has 0 bridgehead atoms. The third kappa shape index (κ3) is 1.88. The first kappa shape index (κ1) is 8.28. The molecular weight excluding hydrogens is 160 g/mol. The zero-order valence-corrected chi connectivity index (χ0v) is 7.70. The molecule has 2 heteroatoms. The summed E-state index contributed by atoms with van der Waals surface area (Å²) in [6.45, 7) is 3.93. The Morgan fingerprint density at radius 2 is 2.15 bits per heavy atom. The van der Waals surface area contributed by atoms with Crippen LogP contribution in [0, 0.1) is 18.3 Å². The molecule has 2 nitrogen and oxygen atoms in total. The molecule has 0 amide bonds. The summed E-state index contributed by atoms with van der Waals surface area (Å²) in [6, 6.07) is 10.9. The van der Waals surface area contributed by atoms with Crippen LogP contribution < -0.4 is 0 Å². The molecule has 1 aromatic rings. The van der Waals surface area contributed by atoms with E-state index in [1.54, 1.807) is 0 Å². The Labute approximate surface area is 78.4 Å². The van der Waals surface area contributed by atoms with E-state index in [0.29, 0.717) is 0 Å². The first-order valence-electron chi connectivity index (χ1n) is 4.49. The minimum Gasteiger partial charge on any atom is -0.280 e. The van der Waals surface area contributed by atoms with Crippen molar-refractivity contribution in [2.75, 3.05) is 6.54 Å². The van der Waals surface area contributed by atoms with E-state index in [2.05, 4.69) is 42.2 Å². The van der Waals surface area contributed by atoms with Crippen molar-refractivity contribution >= 4 is 0 Å². The summed E-state index contributed by atoms with van der Waals surface area (Å²) in [6.07, 6.45) is 0. The smallest absolute Gasteiger partial charge is 0.111 e. The predicted octanol–water partition coefficient (Wildman–Crippen LogP) is 1.70. The van der Waals surface area contributed by atoms with E-state index in [9.17, 15) is 0 Å². The van der Waals surface area contributed by atoms with Gasteiger partial charge in [-0.2, -0.15) is 5.26 Å². The second kappa shape index (κ2) is 3.20. The van der Waals surface area contributed by atoms with Gasteiger partial charge in [0.25, 0.3) is 0 Å². The van der Waals surface area contributed by atoms with Gasteiger partial charge in [0.1, 0.15) is 6.04 Å². The van der Waals surface area contributed by atoms with Gasteiger partial charge in [-0.1, -0.05) is 29.8 Å². The summed E-state index contributed by atoms with van der Waals surface area (Å²) in [7, 11) is 0. The molecule has 1 aliphatic rings. The van der Waals surface area contributed by atoms with Crippen molar-refractivity contribution in [1.82, 2.24) is 4.90 Å². The van der Waals surface area contributed by atoms with Crippen LogP contribution in [0.1, 0.15) is 11.1 Å². The molecule has 66 valence electrons. The lowest BCUT2D eigenvalue weighted by molar-refractivity contribution is 0.532. The van der Waals surface area contributed by atoms with E-state index in [4.69, 9.17) is 5.26 Å². The molecule has 0 aliphatic carbocycles. The Bertz CT molecular complexity index is 334. The van der Waals surface area contributed by atoms with Crippen molar-refractivity contribution < 1.29 is 0 Å². The topological polar surface area (TPSA) is 26.8 Å². The maximum Gasteiger partial charge on any atom is 0.111 e. The summed E-state index contributed by atoms with van der Waals surface area (Å²) in [5.74, 6) is 0. The summed E-state index contributed by atoms with van der Waals surface area (Å²) >= 11 is 0. The van der Waals surface area contributed by atoms with Crippen LogP contribution in [0.25, 0.3) is 0 Å². The van der Waals surface area contributed by atoms with Gasteiger partial charge >= 0.3 is 0 Å². The van der Waals surface area contributed by atoms with Gasteiger partial charge < -0.3 is 0 Å². The molecule has 0 aromatic heterocycles. The molecule has 0 spiro atoms. The van der Waals surface area contributed by atoms with Gasteiger partial charge in [0, 0.05) is 13.1 Å². The SMILES string of the molecule is Cc1ccc(CN2CC2C#N)cc1. The molecule has 0 saturated carbocycles. The van der Waals surface area contributed by atoms with Crippen molar-refractivity contribution in [2.45, 2.75) is 19.5 Å². The number of aryl methyl sites for hydroxylation is 1. The van der Waals surface area contributed by atoms with Gasteiger partial charge in [-0.15, -0.1) is 0 Å². The van der Waals surface area contributed by atoms with Crippen LogP contribution >= 0.6 is 0 Å². The number of nitriles is 1. The van der Waals surface area contributed by atoms with Gasteiger partial charge in [0.15, 0.2) is 0 Å². The molecule has 2 unspecified atom stereocenters. The Morgan fingerprint density at radius 3 is 2.69 bits per heavy atom. The van der Waals surface area contributed by atoms with Crippen molar-refractivity contribution in [3.63, 3.8) is 0 Å². The zero-order chi connectivity index (χ0) is 9.26. The van der Waals surface area contributed by atoms with Crippen molar-refractivity contribution in [1.29, 1.82) is 5.26 Å². The van der Waals surface area contributed by atoms with Crippen molar-refractivity contribution in [3.05, 3.63) is 35.4 Å². The highest BCUT2D eigenvalue weighted by molar-refractivity contribution is 5.22. The summed E-state index contributed by atoms with van der Waals surface area (Å²) < 4.78 is 0. The van der Waals surface area contributed by atoms with E-state index in [-0.39, 0.29) is 6.04 Å². The fourth-order valence-corrected chi connectivity index (χ4v) is 1.40. The lowest BCUT2D eigenvalue weighted by atomic mass is 10.1. The van der Waals surface area contributed by atoms with Crippen molar-refractivity contribution in [2.24, 2.45) is 0 Å². The van der Waals surface area contributed by atoms with Gasteiger partial charge in [0.05, 0.1) is 6.07 Å². The summed E-state index contributed by atoms with van der Waals surface area (Å²) in [4.78, 5) is 2.16. The van der Waals surface area contributed by atoms with E-state index in [1.165, 1.54) is 11.1 Å². The highest BCUT2D eigenvalue weighted by atomic mass is 15.3. The molecule has 1 fully saturated rings. The highest BCUT2D eigenvalue weighted by Crippen LogP contribution is 2.19. The Morgan fingerprint density at radius 1 is 1.46 bits per heavy atom. The van der Waals surface area contributed by atoms with Crippen LogP contribution in [0.5, 0.6) is 0 Å². The van der Waals surface area contributed by atoms with Crippen molar-refractivity contribution in [3.8, 4) is 6.07 Å². The molecule has 1 aromatic carbocycles. The first-order chi connectivity index (χ1) is 6.29. The van der Waals surface area contributed by atoms with Gasteiger partial charge in [0.2, 0.25) is 0 Å². The molecule has 0 radical (unpaired) electrons. The average molecular weight is 172 g/mol. The normalized spacial score (nSPS) is 25.2. The zero-order valence-electron chi connectivity index (χ0n) is 7.70. The second-order valence-electron chi connectivity index (χ2n) is 3.56. The van der Waals surface area contributed by atoms with E-state index >= 15 is 0 Å². The van der Waals surface area contributed by atoms with Crippen LogP contribution in [-0.4, -0.2) is 17.5 Å². The monoisotopic (exact) mass is 172 g/mol. The molecule has 1 saturated heterocycles. The van der Waals surface area contributed by atoms with Crippen LogP contribution in [0.3, 0.4) is 0 Å². The Hall–Kier alpha value is -1.33. The third-order valence-corrected chi connectivity index (χ3v) is 2.37. The molecule has 2 rings (SSSR count). The molecular formula is C11H12N2. The summed E-state index contributed by atoms with van der Waals surface area (Å²) in [5.41, 5.74) is 2.58. The fraction of sp³-hybridized carbons (Fsp3) is 0.364. The van der Waals surface area contributed by atoms with Crippen LogP contribution in [0.2, 0.25) is 0 Å². The van der Waals surface area contributed by atoms with E-state index in [1.807, 2.05) is 0 Å². The average Bonchev–Trinajstić information content (AvgIpc) is 2.88. The molecule has 1 heterocycles. The lowest BCUT2D eigenvalue weighted by Crippen LogP contribution is -2.00. The Kier molecular flexibility index (Phi) is 2.03. The highest BCUT2D eigenvalue weighted by Gasteiger charge is 2.33. The summed E-state index contributed by atoms with van der Waals surface area (Å²) in [5, 5.41) is 8.61. The van der Waals surface area contributed by atoms with Gasteiger partial charge in [-0.25, -0.2) is 0 Å². The number of hydrogen-bond donors (Lipinski definition) is 0. The number of benzene rings is 1. The van der Waals surface area contributed by atoms with E-state index < -0.39 is 0 Å². The first-order valence-corrected chi connectivity index (χ1v) is 4.49. The van der Waals surface area contributed by atoms with Crippen LogP contribution in [0.15, 0.2) is 24.3 Å². The fourth-order valence-electron chi connectivity index (χ4n) is 1.40.